The summed E-state index contributed by atoms with van der Waals surface area (Å²) < 4.78 is 70.4. The fraction of sp³-hybridized carbons (Fsp3) is 0.433. The molecule has 2 aliphatic heterocycles. The summed E-state index contributed by atoms with van der Waals surface area (Å²) in [5, 5.41) is 0.171. The van der Waals surface area contributed by atoms with Crippen LogP contribution >= 0.6 is 11.8 Å². The first-order chi connectivity index (χ1) is 20.5. The summed E-state index contributed by atoms with van der Waals surface area (Å²) in [5.41, 5.74) is -1.12. The van der Waals surface area contributed by atoms with Gasteiger partial charge in [0.15, 0.2) is 0 Å². The number of carbonyl (C=O) groups is 1. The Hall–Kier alpha value is -3.42. The second-order valence-electron chi connectivity index (χ2n) is 10.7. The Kier molecular flexibility index (Phi) is 8.87. The highest BCUT2D eigenvalue weighted by molar-refractivity contribution is 7.99. The lowest BCUT2D eigenvalue weighted by molar-refractivity contribution is -0.137. The quantitative estimate of drug-likeness (QED) is 0.196. The van der Waals surface area contributed by atoms with Gasteiger partial charge in [-0.2, -0.15) is 18.2 Å². The Bertz CT molecular complexity index is 1590. The molecule has 0 radical (unpaired) electrons. The first-order valence-corrected chi connectivity index (χ1v) is 14.8. The van der Waals surface area contributed by atoms with Crippen molar-refractivity contribution in [3.63, 3.8) is 0 Å². The first kappa shape index (κ1) is 31.0. The van der Waals surface area contributed by atoms with E-state index >= 15 is 0 Å². The molecule has 0 N–H and O–H groups in total. The number of amides is 1. The van der Waals surface area contributed by atoms with Crippen LogP contribution in [0.2, 0.25) is 0 Å². The molecule has 3 atom stereocenters. The summed E-state index contributed by atoms with van der Waals surface area (Å²) in [7, 11) is 1.54. The van der Waals surface area contributed by atoms with Crippen LogP contribution in [0.3, 0.4) is 0 Å². The SMILES string of the molecule is C=CC(=O)N1C[C@H](C)N(c2nc(=O)n3c4c(c(-c5ccc(F)cc5)c(C(F)(F)F)cc24)SC[C@@H]3COCCOC)C[C@H]1C. The highest BCUT2D eigenvalue weighted by atomic mass is 32.2. The van der Waals surface area contributed by atoms with E-state index < -0.39 is 29.3 Å². The van der Waals surface area contributed by atoms with Crippen molar-refractivity contribution >= 4 is 34.4 Å². The number of benzene rings is 2. The molecule has 3 aromatic rings. The molecular formula is C30H32F4N4O4S. The van der Waals surface area contributed by atoms with Gasteiger partial charge in [0.2, 0.25) is 5.91 Å². The molecule has 5 rings (SSSR count). The van der Waals surface area contributed by atoms with E-state index in [-0.39, 0.29) is 77.3 Å². The van der Waals surface area contributed by atoms with Crippen molar-refractivity contribution in [3.05, 3.63) is 64.9 Å². The molecule has 230 valence electrons. The molecule has 0 bridgehead atoms. The van der Waals surface area contributed by atoms with E-state index in [9.17, 15) is 27.2 Å². The molecule has 1 aromatic heterocycles. The summed E-state index contributed by atoms with van der Waals surface area (Å²) in [6.45, 7) is 8.51. The van der Waals surface area contributed by atoms with E-state index in [1.54, 1.807) is 9.80 Å². The van der Waals surface area contributed by atoms with Gasteiger partial charge in [-0.05, 0) is 43.7 Å². The van der Waals surface area contributed by atoms with Gasteiger partial charge in [-0.3, -0.25) is 9.36 Å². The predicted octanol–water partition coefficient (Wildman–Crippen LogP) is 5.14. The number of rotatable bonds is 8. The monoisotopic (exact) mass is 620 g/mol. The molecule has 1 fully saturated rings. The van der Waals surface area contributed by atoms with Crippen LogP contribution in [-0.2, 0) is 20.4 Å². The zero-order chi connectivity index (χ0) is 31.1. The molecule has 0 aliphatic carbocycles. The maximum absolute atomic E-state index is 14.8. The highest BCUT2D eigenvalue weighted by Crippen LogP contribution is 2.50. The maximum Gasteiger partial charge on any atom is 0.417 e. The van der Waals surface area contributed by atoms with E-state index in [0.717, 1.165) is 18.2 Å². The third-order valence-corrected chi connectivity index (χ3v) is 9.06. The van der Waals surface area contributed by atoms with E-state index in [0.29, 0.717) is 12.1 Å². The van der Waals surface area contributed by atoms with Crippen LogP contribution in [0.5, 0.6) is 0 Å². The fourth-order valence-corrected chi connectivity index (χ4v) is 7.09. The van der Waals surface area contributed by atoms with Crippen molar-refractivity contribution in [1.82, 2.24) is 14.5 Å². The molecule has 2 aromatic carbocycles. The Morgan fingerprint density at radius 3 is 2.53 bits per heavy atom. The zero-order valence-corrected chi connectivity index (χ0v) is 24.8. The second kappa shape index (κ2) is 12.3. The highest BCUT2D eigenvalue weighted by Gasteiger charge is 2.40. The van der Waals surface area contributed by atoms with E-state index in [2.05, 4.69) is 11.6 Å². The van der Waals surface area contributed by atoms with Crippen LogP contribution in [0.15, 0.2) is 52.7 Å². The molecule has 3 heterocycles. The maximum atomic E-state index is 14.8. The fourth-order valence-electron chi connectivity index (χ4n) is 5.77. The van der Waals surface area contributed by atoms with Crippen LogP contribution in [0.4, 0.5) is 23.4 Å². The Morgan fingerprint density at radius 1 is 1.16 bits per heavy atom. The molecule has 1 saturated heterocycles. The van der Waals surface area contributed by atoms with Gasteiger partial charge < -0.3 is 19.3 Å². The summed E-state index contributed by atoms with van der Waals surface area (Å²) in [5.74, 6) is -0.435. The van der Waals surface area contributed by atoms with Gasteiger partial charge in [0.1, 0.15) is 11.6 Å². The predicted molar refractivity (Wildman–Crippen MR) is 157 cm³/mol. The Balaban J connectivity index is 1.77. The molecule has 2 aliphatic rings. The van der Waals surface area contributed by atoms with E-state index in [1.165, 1.54) is 41.6 Å². The number of alkyl halides is 3. The minimum absolute atomic E-state index is 0.114. The summed E-state index contributed by atoms with van der Waals surface area (Å²) in [4.78, 5) is 34.3. The number of carbonyl (C=O) groups excluding carboxylic acids is 1. The van der Waals surface area contributed by atoms with Crippen LogP contribution in [0.1, 0.15) is 25.5 Å². The van der Waals surface area contributed by atoms with Crippen molar-refractivity contribution < 1.29 is 31.8 Å². The lowest BCUT2D eigenvalue weighted by Crippen LogP contribution is -2.58. The number of halogens is 4. The molecule has 1 amide bonds. The van der Waals surface area contributed by atoms with Gasteiger partial charge in [-0.25, -0.2) is 9.18 Å². The van der Waals surface area contributed by atoms with Gasteiger partial charge in [-0.1, -0.05) is 18.7 Å². The number of hydrogen-bond acceptors (Lipinski definition) is 7. The summed E-state index contributed by atoms with van der Waals surface area (Å²) in [6, 6.07) is 4.73. The lowest BCUT2D eigenvalue weighted by Gasteiger charge is -2.45. The number of anilines is 1. The molecule has 43 heavy (non-hydrogen) atoms. The number of ether oxygens (including phenoxy) is 2. The zero-order valence-electron chi connectivity index (χ0n) is 24.0. The number of hydrogen-bond donors (Lipinski definition) is 0. The van der Waals surface area contributed by atoms with E-state index in [1.807, 2.05) is 13.8 Å². The Labute approximate surface area is 250 Å². The molecule has 0 saturated carbocycles. The Morgan fingerprint density at radius 2 is 1.88 bits per heavy atom. The van der Waals surface area contributed by atoms with Gasteiger partial charge >= 0.3 is 11.9 Å². The van der Waals surface area contributed by atoms with Crippen LogP contribution in [-0.4, -0.2) is 78.2 Å². The summed E-state index contributed by atoms with van der Waals surface area (Å²) >= 11 is 1.21. The van der Waals surface area contributed by atoms with E-state index in [4.69, 9.17) is 9.47 Å². The lowest BCUT2D eigenvalue weighted by atomic mass is 9.95. The molecule has 0 spiro atoms. The molecule has 8 nitrogen and oxygen atoms in total. The normalized spacial score (nSPS) is 20.5. The van der Waals surface area contributed by atoms with Crippen molar-refractivity contribution in [3.8, 4) is 11.1 Å². The van der Waals surface area contributed by atoms with Crippen LogP contribution < -0.4 is 10.6 Å². The molecule has 0 unspecified atom stereocenters. The first-order valence-electron chi connectivity index (χ1n) is 13.8. The van der Waals surface area contributed by atoms with Gasteiger partial charge in [0.25, 0.3) is 0 Å². The average molecular weight is 621 g/mol. The van der Waals surface area contributed by atoms with Crippen molar-refractivity contribution in [1.29, 1.82) is 0 Å². The molecule has 13 heteroatoms. The number of aromatic nitrogens is 2. The van der Waals surface area contributed by atoms with Gasteiger partial charge in [0.05, 0.1) is 36.9 Å². The van der Waals surface area contributed by atoms with Gasteiger partial charge in [-0.15, -0.1) is 11.8 Å². The topological polar surface area (TPSA) is 76.9 Å². The average Bonchev–Trinajstić information content (AvgIpc) is 2.97. The van der Waals surface area contributed by atoms with Crippen molar-refractivity contribution in [2.45, 2.75) is 43.0 Å². The number of thioether (sulfide) groups is 1. The van der Waals surface area contributed by atoms with Crippen molar-refractivity contribution in [2.24, 2.45) is 0 Å². The summed E-state index contributed by atoms with van der Waals surface area (Å²) in [6.07, 6.45) is -3.54. The minimum Gasteiger partial charge on any atom is -0.382 e. The minimum atomic E-state index is -4.76. The smallest absolute Gasteiger partial charge is 0.382 e. The van der Waals surface area contributed by atoms with Gasteiger partial charge in [0, 0.05) is 53.9 Å². The van der Waals surface area contributed by atoms with Crippen LogP contribution in [0, 0.1) is 5.82 Å². The standard InChI is InChI=1S/C30H32F4N4O4S/c1-5-24(39)36-13-18(3)37(14-17(36)2)28-22-12-23(30(32,33)34)25(19-6-8-20(31)9-7-19)27-26(22)38(29(40)35-28)21(16-43-27)15-42-11-10-41-4/h5-9,12,17-18,21H,1,10-11,13-16H2,2-4H3/t17-,18+,21+/m1/s1. The van der Waals surface area contributed by atoms with Crippen LogP contribution in [0.25, 0.3) is 22.0 Å². The third kappa shape index (κ3) is 5.89. The largest absolute Gasteiger partial charge is 0.417 e. The second-order valence-corrected chi connectivity index (χ2v) is 11.7. The number of piperazine rings is 1. The molecular weight excluding hydrogens is 588 g/mol. The number of nitrogens with zero attached hydrogens (tertiary/aromatic N) is 4. The van der Waals surface area contributed by atoms with Crippen molar-refractivity contribution in [2.75, 3.05) is 50.7 Å². The number of methoxy groups -OCH3 is 1. The third-order valence-electron chi connectivity index (χ3n) is 7.83.